The molecule has 2 saturated carbocycles. The van der Waals surface area contributed by atoms with Crippen LogP contribution in [-0.2, 0) is 0 Å². The number of aromatic nitrogens is 25. The molecular weight excluding hydrogens is 1750 g/mol. The minimum Gasteiger partial charge on any atom is -0.339 e. The van der Waals surface area contributed by atoms with Crippen molar-refractivity contribution in [3.05, 3.63) is 317 Å². The van der Waals surface area contributed by atoms with Gasteiger partial charge in [0, 0.05) is 118 Å². The second-order valence-electron chi connectivity index (χ2n) is 30.5. The summed E-state index contributed by atoms with van der Waals surface area (Å²) in [5.74, 6) is 6.63. The third-order valence-electron chi connectivity index (χ3n) is 20.9. The fourth-order valence-corrected chi connectivity index (χ4v) is 18.5. The summed E-state index contributed by atoms with van der Waals surface area (Å²) < 4.78 is 0. The topological polar surface area (TPSA) is 511 Å². The van der Waals surface area contributed by atoms with E-state index >= 15 is 0 Å². The number of pyridine rings is 5. The summed E-state index contributed by atoms with van der Waals surface area (Å²) in [7, 11) is 0. The maximum Gasteiger partial charge on any atom is 0.271 e. The van der Waals surface area contributed by atoms with Crippen LogP contribution in [0.5, 0.6) is 0 Å². The molecule has 0 unspecified atom stereocenters. The molecule has 131 heavy (non-hydrogen) atoms. The number of anilines is 10. The third-order valence-corrected chi connectivity index (χ3v) is 25.5. The molecular formula is C91H76N30O5S5. The standard InChI is InChI=1S/C20H16N6OS.C19H14N6OS.2C18H16N6OS.C16H14N6OS/c1-11-8-18(25-23-11)21-16-10-19(22-15-5-3-2-4-13(15)16)28-12-6-7-14-17(9-12)24-26-20(14)27;26-19-13-9-8-11(10-15(13)23-25-19)27-17-7-3-6-16(20-17)21-18-12-4-1-2-5-14(12)22-24-18;25-18-13-4-3-12(8-15(13)22-24-18)26-17-7-11(5-6-19-17)20-16-9-14(21-23-16)10-1-2-10;25-18-12-7-6-11(8-14(12)22-24-18)26-17-3-1-2-15(20-17)19-16-9-13(21-23-16)10-4-5-10;1-9-6-14(21-19-9)18-10-4-5-17-15(7-10)24-11-2-3-12-13(8-11)20-22-16(12)23/h2-10H,1H3,(H2,24,26,27)(H2,21,22,23,25);1-10H,(H2,23,25,26)(H2,20,21,22,24);3-10H,1-2H2,(H2,22,24,25)(H2,19,20,21,23);1-3,6-10H,4-5H2,(H2,22,24,25)(H2,19,20,21,23);2-8H,1H3,(H2,20,22,23)(H2,17,18,19,21). The lowest BCUT2D eigenvalue weighted by atomic mass is 10.2. The molecule has 0 amide bonds. The van der Waals surface area contributed by atoms with E-state index in [4.69, 9.17) is 4.98 Å². The molecule has 650 valence electrons. The maximum atomic E-state index is 11.7. The minimum atomic E-state index is -0.115. The fourth-order valence-electron chi connectivity index (χ4n) is 14.2. The lowest BCUT2D eigenvalue weighted by Gasteiger charge is -2.10. The second-order valence-corrected chi connectivity index (χ2v) is 36.0. The molecule has 2 fully saturated rings. The Morgan fingerprint density at radius 1 is 0.282 bits per heavy atom. The van der Waals surface area contributed by atoms with Crippen molar-refractivity contribution in [2.75, 3.05) is 26.6 Å². The van der Waals surface area contributed by atoms with E-state index in [0.717, 1.165) is 162 Å². The first kappa shape index (κ1) is 83.2. The number of nitrogens with one attached hydrogen (secondary N) is 20. The Balaban J connectivity index is 0.000000102. The summed E-state index contributed by atoms with van der Waals surface area (Å²) in [6.07, 6.45) is 8.49. The van der Waals surface area contributed by atoms with E-state index in [0.29, 0.717) is 44.6 Å². The number of hydrogen-bond donors (Lipinski definition) is 20. The highest BCUT2D eigenvalue weighted by Gasteiger charge is 2.27. The van der Waals surface area contributed by atoms with Crippen molar-refractivity contribution in [2.24, 2.45) is 0 Å². The van der Waals surface area contributed by atoms with Gasteiger partial charge in [0.05, 0.1) is 71.2 Å². The van der Waals surface area contributed by atoms with Gasteiger partial charge >= 0.3 is 0 Å². The van der Waals surface area contributed by atoms with E-state index in [9.17, 15) is 24.0 Å². The number of rotatable bonds is 22. The first-order chi connectivity index (χ1) is 64.1. The molecule has 0 radical (unpaired) electrons. The molecule has 15 aromatic heterocycles. The van der Waals surface area contributed by atoms with Crippen LogP contribution in [0.25, 0.3) is 76.3 Å². The number of para-hydroxylation sites is 2. The van der Waals surface area contributed by atoms with Crippen molar-refractivity contribution >= 4 is 193 Å². The normalized spacial score (nSPS) is 12.3. The van der Waals surface area contributed by atoms with Crippen molar-refractivity contribution < 1.29 is 0 Å². The molecule has 20 N–H and O–H groups in total. The van der Waals surface area contributed by atoms with E-state index in [2.05, 4.69) is 161 Å². The van der Waals surface area contributed by atoms with Crippen LogP contribution in [0.1, 0.15) is 60.3 Å². The Morgan fingerprint density at radius 3 is 1.11 bits per heavy atom. The zero-order chi connectivity index (χ0) is 88.8. The molecule has 2 aliphatic rings. The van der Waals surface area contributed by atoms with Gasteiger partial charge in [-0.2, -0.15) is 25.5 Å². The highest BCUT2D eigenvalue weighted by molar-refractivity contribution is 8.00. The summed E-state index contributed by atoms with van der Waals surface area (Å²) >= 11 is 7.68. The molecule has 40 heteroatoms. The van der Waals surface area contributed by atoms with Crippen LogP contribution < -0.4 is 54.4 Å². The first-order valence-electron chi connectivity index (χ1n) is 41.2. The van der Waals surface area contributed by atoms with Gasteiger partial charge in [0.1, 0.15) is 36.8 Å². The molecule has 0 bridgehead atoms. The summed E-state index contributed by atoms with van der Waals surface area (Å²) in [4.78, 5) is 85.9. The van der Waals surface area contributed by atoms with E-state index < -0.39 is 0 Å². The highest BCUT2D eigenvalue weighted by Crippen LogP contribution is 2.42. The lowest BCUT2D eigenvalue weighted by Crippen LogP contribution is -1.96. The number of fused-ring (bicyclic) bond motifs is 7. The van der Waals surface area contributed by atoms with Gasteiger partial charge in [0.25, 0.3) is 27.8 Å². The van der Waals surface area contributed by atoms with Crippen molar-refractivity contribution in [2.45, 2.75) is 101 Å². The zero-order valence-electron chi connectivity index (χ0n) is 69.1. The quantitative estimate of drug-likeness (QED) is 0.0300. The van der Waals surface area contributed by atoms with Crippen LogP contribution in [0.3, 0.4) is 0 Å². The summed E-state index contributed by atoms with van der Waals surface area (Å²) in [5.41, 5.74) is 12.4. The average Bonchev–Trinajstić information content (AvgIpc) is 1.51. The number of aromatic amines is 15. The van der Waals surface area contributed by atoms with Crippen LogP contribution in [0.4, 0.5) is 57.8 Å². The largest absolute Gasteiger partial charge is 0.339 e. The summed E-state index contributed by atoms with van der Waals surface area (Å²) in [6.45, 7) is 3.92. The van der Waals surface area contributed by atoms with Gasteiger partial charge in [-0.25, -0.2) is 24.9 Å². The molecule has 35 nitrogen and oxygen atoms in total. The molecule has 0 spiro atoms. The fraction of sp³-hybridized carbons (Fsp3) is 0.0879. The van der Waals surface area contributed by atoms with Gasteiger partial charge in [-0.05, 0) is 203 Å². The maximum absolute atomic E-state index is 11.7. The number of aryl methyl sites for hydroxylation is 2. The smallest absolute Gasteiger partial charge is 0.271 e. The van der Waals surface area contributed by atoms with Crippen LogP contribution in [0.2, 0.25) is 0 Å². The van der Waals surface area contributed by atoms with Gasteiger partial charge in [-0.3, -0.25) is 100 Å². The summed E-state index contributed by atoms with van der Waals surface area (Å²) in [5, 5.41) is 89.8. The van der Waals surface area contributed by atoms with Crippen molar-refractivity contribution in [3.63, 3.8) is 0 Å². The molecule has 0 atom stereocenters. The molecule has 0 saturated heterocycles. The van der Waals surface area contributed by atoms with Crippen LogP contribution in [0, 0.1) is 13.8 Å². The average molecular weight is 1830 g/mol. The number of H-pyrrole nitrogens is 15. The lowest BCUT2D eigenvalue weighted by molar-refractivity contribution is 0.966. The molecule has 0 aliphatic heterocycles. The van der Waals surface area contributed by atoms with Gasteiger partial charge in [0.2, 0.25) is 0 Å². The van der Waals surface area contributed by atoms with E-state index in [1.165, 1.54) is 60.6 Å². The highest BCUT2D eigenvalue weighted by atomic mass is 32.2. The molecule has 2 aliphatic carbocycles. The monoisotopic (exact) mass is 1830 g/mol. The third kappa shape index (κ3) is 20.0. The number of hydrogen-bond acceptors (Lipinski definition) is 25. The SMILES string of the molecule is Cc1cc(Nc2cc(Sc3ccc4c(=O)[nH][nH]c4c3)nc3ccccc23)n[nH]1.Cc1cc(Nc2ccnc(Sc3ccc4c(=O)[nH][nH]c4c3)c2)n[nH]1.O=c1[nH][nH]c2cc(Sc3cc(Nc4cc(C5CC5)[nH]n4)ccn3)ccc12.O=c1[nH][nH]c2cc(Sc3cccc(Nc4cc(C5CC5)[nH]n4)n3)ccc12.O=c1[nH][nH]c2cc(Sc3cccc(Nc4n[nH]c5ccccc45)n3)ccc12. The van der Waals surface area contributed by atoms with Gasteiger partial charge in [-0.1, -0.05) is 101 Å². The van der Waals surface area contributed by atoms with Gasteiger partial charge < -0.3 is 26.6 Å². The number of benzene rings is 7. The summed E-state index contributed by atoms with van der Waals surface area (Å²) in [6, 6.07) is 73.7. The van der Waals surface area contributed by atoms with Crippen molar-refractivity contribution in [1.29, 1.82) is 0 Å². The number of nitrogens with zero attached hydrogens (tertiary/aromatic N) is 10. The Hall–Kier alpha value is -16.0. The van der Waals surface area contributed by atoms with Gasteiger partial charge in [-0.15, -0.1) is 0 Å². The van der Waals surface area contributed by atoms with E-state index in [-0.39, 0.29) is 27.8 Å². The van der Waals surface area contributed by atoms with E-state index in [1.807, 2.05) is 232 Å². The molecule has 15 heterocycles. The Labute approximate surface area is 759 Å². The zero-order valence-corrected chi connectivity index (χ0v) is 73.2. The van der Waals surface area contributed by atoms with E-state index in [1.54, 1.807) is 47.7 Å². The second kappa shape index (κ2) is 37.1. The van der Waals surface area contributed by atoms with Crippen LogP contribution >= 0.6 is 58.8 Å². The molecule has 24 rings (SSSR count). The van der Waals surface area contributed by atoms with Crippen molar-refractivity contribution in [1.82, 2.24) is 127 Å². The predicted octanol–water partition coefficient (Wildman–Crippen LogP) is 19.0. The molecule has 22 aromatic rings. The predicted molar refractivity (Wildman–Crippen MR) is 514 cm³/mol. The van der Waals surface area contributed by atoms with Crippen LogP contribution in [-0.4, -0.2) is 127 Å². The Morgan fingerprint density at radius 2 is 0.672 bits per heavy atom. The Bertz CT molecular complexity index is 8050. The van der Waals surface area contributed by atoms with Gasteiger partial charge in [0.15, 0.2) is 29.1 Å². The molecule has 7 aromatic carbocycles. The first-order valence-corrected chi connectivity index (χ1v) is 45.3. The van der Waals surface area contributed by atoms with Crippen molar-refractivity contribution in [3.8, 4) is 0 Å². The Kier molecular flexibility index (Phi) is 23.6. The minimum absolute atomic E-state index is 0.106. The van der Waals surface area contributed by atoms with Crippen LogP contribution in [0.15, 0.2) is 316 Å².